The van der Waals surface area contributed by atoms with Crippen LogP contribution >= 0.6 is 0 Å². The van der Waals surface area contributed by atoms with Gasteiger partial charge in [-0.3, -0.25) is 0 Å². The topological polar surface area (TPSA) is 21.7 Å². The summed E-state index contributed by atoms with van der Waals surface area (Å²) in [6.45, 7) is 13.3. The zero-order chi connectivity index (χ0) is 18.2. The van der Waals surface area contributed by atoms with Crippen molar-refractivity contribution >= 4 is 23.2 Å². The standard InChI is InChI=1S/C19H37NO2Si2/c1-19(2,3)24(6,7)20(18-14-10-8-11-15-18)16-12-9-13-17-23(21-4)22-5/h8,10-11,14-15,23H,9,12-13,16-17H2,1-7H3. The van der Waals surface area contributed by atoms with E-state index in [1.54, 1.807) is 14.2 Å². The monoisotopic (exact) mass is 367 g/mol. The third-order valence-electron chi connectivity index (χ3n) is 5.43. The minimum Gasteiger partial charge on any atom is -0.400 e. The second-order valence-corrected chi connectivity index (χ2v) is 15.6. The molecule has 0 N–H and O–H groups in total. The normalized spacial score (nSPS) is 12.7. The van der Waals surface area contributed by atoms with Crippen LogP contribution < -0.4 is 4.57 Å². The third-order valence-corrected chi connectivity index (χ3v) is 12.9. The highest BCUT2D eigenvalue weighted by molar-refractivity contribution is 6.83. The Morgan fingerprint density at radius 3 is 2.04 bits per heavy atom. The third kappa shape index (κ3) is 6.02. The van der Waals surface area contributed by atoms with E-state index in [1.165, 1.54) is 24.9 Å². The predicted octanol–water partition coefficient (Wildman–Crippen LogP) is 5.18. The molecule has 0 aliphatic carbocycles. The van der Waals surface area contributed by atoms with Gasteiger partial charge in [-0.15, -0.1) is 0 Å². The summed E-state index contributed by atoms with van der Waals surface area (Å²) in [5, 5.41) is 0.340. The molecule has 0 aliphatic rings. The van der Waals surface area contributed by atoms with E-state index in [0.29, 0.717) is 5.04 Å². The maximum Gasteiger partial charge on any atom is 0.320 e. The highest BCUT2D eigenvalue weighted by Gasteiger charge is 2.41. The van der Waals surface area contributed by atoms with Gasteiger partial charge in [0.2, 0.25) is 0 Å². The summed E-state index contributed by atoms with van der Waals surface area (Å²) in [5.74, 6) is 0. The van der Waals surface area contributed by atoms with Crippen molar-refractivity contribution in [2.75, 3.05) is 25.3 Å². The van der Waals surface area contributed by atoms with Gasteiger partial charge in [0.15, 0.2) is 8.24 Å². The molecule has 1 aromatic rings. The zero-order valence-electron chi connectivity index (χ0n) is 16.8. The Balaban J connectivity index is 2.68. The van der Waals surface area contributed by atoms with Crippen molar-refractivity contribution in [3.63, 3.8) is 0 Å². The van der Waals surface area contributed by atoms with Gasteiger partial charge in [0.25, 0.3) is 0 Å². The van der Waals surface area contributed by atoms with Crippen molar-refractivity contribution in [3.8, 4) is 0 Å². The first-order chi connectivity index (χ1) is 11.2. The van der Waals surface area contributed by atoms with E-state index >= 15 is 0 Å². The van der Waals surface area contributed by atoms with Crippen LogP contribution in [-0.2, 0) is 8.85 Å². The molecule has 0 saturated carbocycles. The molecule has 1 rings (SSSR count). The van der Waals surface area contributed by atoms with Crippen LogP contribution in [0.1, 0.15) is 40.0 Å². The lowest BCUT2D eigenvalue weighted by molar-refractivity contribution is 0.276. The highest BCUT2D eigenvalue weighted by atomic mass is 28.3. The van der Waals surface area contributed by atoms with Gasteiger partial charge in [0.05, 0.1) is 0 Å². The molecule has 0 unspecified atom stereocenters. The smallest absolute Gasteiger partial charge is 0.320 e. The highest BCUT2D eigenvalue weighted by Crippen LogP contribution is 2.40. The van der Waals surface area contributed by atoms with Gasteiger partial charge in [-0.2, -0.15) is 0 Å². The van der Waals surface area contributed by atoms with Gasteiger partial charge in [-0.1, -0.05) is 64.9 Å². The maximum atomic E-state index is 5.41. The molecule has 0 radical (unpaired) electrons. The Labute approximate surface area is 152 Å². The van der Waals surface area contributed by atoms with Gasteiger partial charge in [-0.25, -0.2) is 0 Å². The van der Waals surface area contributed by atoms with Gasteiger partial charge >= 0.3 is 9.28 Å². The first kappa shape index (κ1) is 21.4. The average molecular weight is 368 g/mol. The van der Waals surface area contributed by atoms with Crippen LogP contribution in [0.3, 0.4) is 0 Å². The number of hydrogen-bond donors (Lipinski definition) is 0. The van der Waals surface area contributed by atoms with Crippen LogP contribution in [0.15, 0.2) is 30.3 Å². The number of rotatable bonds is 10. The van der Waals surface area contributed by atoms with E-state index in [4.69, 9.17) is 8.85 Å². The van der Waals surface area contributed by atoms with E-state index in [0.717, 1.165) is 12.6 Å². The van der Waals surface area contributed by atoms with Crippen molar-refractivity contribution in [1.29, 1.82) is 0 Å². The molecule has 1 aromatic carbocycles. The fraction of sp³-hybridized carbons (Fsp3) is 0.684. The molecule has 0 atom stereocenters. The van der Waals surface area contributed by atoms with E-state index in [1.807, 2.05) is 0 Å². The number of anilines is 1. The van der Waals surface area contributed by atoms with E-state index < -0.39 is 17.5 Å². The van der Waals surface area contributed by atoms with Crippen LogP contribution in [0.5, 0.6) is 0 Å². The molecule has 0 saturated heterocycles. The maximum absolute atomic E-state index is 5.41. The summed E-state index contributed by atoms with van der Waals surface area (Å²) in [6.07, 6.45) is 3.68. The molecule has 5 heteroatoms. The van der Waals surface area contributed by atoms with E-state index in [9.17, 15) is 0 Å². The van der Waals surface area contributed by atoms with Gasteiger partial charge in [-0.05, 0) is 29.6 Å². The molecular weight excluding hydrogens is 330 g/mol. The van der Waals surface area contributed by atoms with Gasteiger partial charge < -0.3 is 13.4 Å². The summed E-state index contributed by atoms with van der Waals surface area (Å²) in [7, 11) is 0.583. The van der Waals surface area contributed by atoms with Crippen LogP contribution in [0, 0.1) is 0 Å². The zero-order valence-corrected chi connectivity index (χ0v) is 18.9. The average Bonchev–Trinajstić information content (AvgIpc) is 2.54. The molecule has 0 aromatic heterocycles. The second-order valence-electron chi connectivity index (χ2n) is 8.05. The summed E-state index contributed by atoms with van der Waals surface area (Å²) < 4.78 is 13.5. The molecule has 0 aliphatic heterocycles. The van der Waals surface area contributed by atoms with E-state index in [-0.39, 0.29) is 0 Å². The number of benzene rings is 1. The van der Waals surface area contributed by atoms with Crippen LogP contribution in [0.2, 0.25) is 24.2 Å². The number of nitrogens with zero attached hydrogens (tertiary/aromatic N) is 1. The fourth-order valence-corrected chi connectivity index (χ4v) is 6.44. The minimum atomic E-state index is -1.58. The second kappa shape index (κ2) is 9.75. The lowest BCUT2D eigenvalue weighted by Crippen LogP contribution is -2.55. The Morgan fingerprint density at radius 2 is 1.54 bits per heavy atom. The summed E-state index contributed by atoms with van der Waals surface area (Å²) in [6, 6.07) is 12.1. The molecule has 138 valence electrons. The van der Waals surface area contributed by atoms with Crippen molar-refractivity contribution in [2.45, 2.75) is 64.2 Å². The molecule has 24 heavy (non-hydrogen) atoms. The van der Waals surface area contributed by atoms with Crippen molar-refractivity contribution in [3.05, 3.63) is 30.3 Å². The van der Waals surface area contributed by atoms with Crippen LogP contribution in [0.25, 0.3) is 0 Å². The number of hydrogen-bond acceptors (Lipinski definition) is 3. The number of para-hydroxylation sites is 1. The van der Waals surface area contributed by atoms with Crippen LogP contribution in [-0.4, -0.2) is 38.3 Å². The molecule has 3 nitrogen and oxygen atoms in total. The van der Waals surface area contributed by atoms with E-state index in [2.05, 4.69) is 68.8 Å². The molecular formula is C19H37NO2Si2. The summed E-state index contributed by atoms with van der Waals surface area (Å²) in [5.41, 5.74) is 1.38. The van der Waals surface area contributed by atoms with Crippen molar-refractivity contribution in [2.24, 2.45) is 0 Å². The Hall–Kier alpha value is -0.626. The molecule has 0 bridgehead atoms. The number of unbranched alkanes of at least 4 members (excludes halogenated alkanes) is 2. The first-order valence-corrected chi connectivity index (χ1v) is 13.8. The van der Waals surface area contributed by atoms with Crippen molar-refractivity contribution in [1.82, 2.24) is 0 Å². The minimum absolute atomic E-state index is 0.340. The fourth-order valence-electron chi connectivity index (χ4n) is 2.83. The van der Waals surface area contributed by atoms with Crippen LogP contribution in [0.4, 0.5) is 5.69 Å². The van der Waals surface area contributed by atoms with Gasteiger partial charge in [0, 0.05) is 26.5 Å². The lowest BCUT2D eigenvalue weighted by Gasteiger charge is -2.47. The van der Waals surface area contributed by atoms with Crippen molar-refractivity contribution < 1.29 is 8.85 Å². The summed E-state index contributed by atoms with van der Waals surface area (Å²) in [4.78, 5) is 0. The predicted molar refractivity (Wildman–Crippen MR) is 111 cm³/mol. The van der Waals surface area contributed by atoms with Gasteiger partial charge in [0.1, 0.15) is 0 Å². The largest absolute Gasteiger partial charge is 0.400 e. The Kier molecular flexibility index (Phi) is 8.70. The molecule has 0 heterocycles. The molecule has 0 fully saturated rings. The lowest BCUT2D eigenvalue weighted by atomic mass is 10.2. The summed E-state index contributed by atoms with van der Waals surface area (Å²) >= 11 is 0. The quantitative estimate of drug-likeness (QED) is 0.420. The Morgan fingerprint density at radius 1 is 0.958 bits per heavy atom. The molecule has 0 spiro atoms. The molecule has 0 amide bonds. The SMILES string of the molecule is CO[SiH](CCCCCN(c1ccccc1)[Si](C)(C)C(C)(C)C)OC. The Bertz CT molecular complexity index is 456. The first-order valence-electron chi connectivity index (χ1n) is 9.12.